The standard InChI is InChI=1S/C23H22N2O6S/c26-20(24-15-10-8-14(9-11-15)22(28)29)13-32-17-5-3-4-16(12-17)25-21(27)18-6-1-2-7-19(18)23(30)31/h1-5,8-12,18-19H,6-7,13H2,(H,24,26)(H,25,27)(H,28,29)(H,30,31). The van der Waals surface area contributed by atoms with Gasteiger partial charge in [-0.2, -0.15) is 0 Å². The summed E-state index contributed by atoms with van der Waals surface area (Å²) in [6, 6.07) is 12.9. The summed E-state index contributed by atoms with van der Waals surface area (Å²) < 4.78 is 0. The van der Waals surface area contributed by atoms with E-state index in [1.807, 2.05) is 6.08 Å². The molecule has 32 heavy (non-hydrogen) atoms. The second kappa shape index (κ2) is 10.6. The number of carbonyl (C=O) groups excluding carboxylic acids is 2. The lowest BCUT2D eigenvalue weighted by molar-refractivity contribution is -0.146. The number of hydrogen-bond acceptors (Lipinski definition) is 5. The first-order valence-corrected chi connectivity index (χ1v) is 10.9. The summed E-state index contributed by atoms with van der Waals surface area (Å²) in [5, 5.41) is 23.7. The minimum Gasteiger partial charge on any atom is -0.481 e. The van der Waals surface area contributed by atoms with E-state index in [1.165, 1.54) is 36.0 Å². The third-order valence-corrected chi connectivity index (χ3v) is 5.97. The van der Waals surface area contributed by atoms with Crippen LogP contribution in [0.2, 0.25) is 0 Å². The maximum absolute atomic E-state index is 12.6. The van der Waals surface area contributed by atoms with Gasteiger partial charge in [-0.05, 0) is 55.3 Å². The molecule has 0 bridgehead atoms. The van der Waals surface area contributed by atoms with Gasteiger partial charge >= 0.3 is 11.9 Å². The number of aromatic carboxylic acids is 1. The van der Waals surface area contributed by atoms with Crippen LogP contribution in [0.25, 0.3) is 0 Å². The molecule has 0 spiro atoms. The van der Waals surface area contributed by atoms with Crippen molar-refractivity contribution in [3.05, 3.63) is 66.2 Å². The highest BCUT2D eigenvalue weighted by Gasteiger charge is 2.33. The first kappa shape index (κ1) is 23.1. The van der Waals surface area contributed by atoms with Crippen LogP contribution in [0.3, 0.4) is 0 Å². The summed E-state index contributed by atoms with van der Waals surface area (Å²) in [6.45, 7) is 0. The van der Waals surface area contributed by atoms with E-state index >= 15 is 0 Å². The molecule has 2 atom stereocenters. The molecule has 2 aromatic carbocycles. The number of carboxylic acids is 2. The molecule has 166 valence electrons. The number of hydrogen-bond donors (Lipinski definition) is 4. The average molecular weight is 455 g/mol. The van der Waals surface area contributed by atoms with E-state index in [0.717, 1.165) is 4.90 Å². The number of benzene rings is 2. The minimum atomic E-state index is -1.04. The number of anilines is 2. The Bertz CT molecular complexity index is 1050. The maximum Gasteiger partial charge on any atom is 0.335 e. The van der Waals surface area contributed by atoms with Gasteiger partial charge in [0, 0.05) is 16.3 Å². The van der Waals surface area contributed by atoms with Gasteiger partial charge in [-0.25, -0.2) is 4.79 Å². The Morgan fingerprint density at radius 2 is 1.56 bits per heavy atom. The van der Waals surface area contributed by atoms with Crippen molar-refractivity contribution < 1.29 is 29.4 Å². The van der Waals surface area contributed by atoms with Crippen LogP contribution >= 0.6 is 11.8 Å². The van der Waals surface area contributed by atoms with Crippen LogP contribution in [-0.4, -0.2) is 39.7 Å². The Morgan fingerprint density at radius 3 is 2.22 bits per heavy atom. The molecule has 3 rings (SSSR count). The molecule has 0 saturated heterocycles. The molecule has 1 aliphatic carbocycles. The number of rotatable bonds is 8. The molecule has 2 amide bonds. The number of aliphatic carboxylic acids is 1. The first-order chi connectivity index (χ1) is 15.3. The van der Waals surface area contributed by atoms with Gasteiger partial charge in [0.15, 0.2) is 0 Å². The van der Waals surface area contributed by atoms with E-state index in [2.05, 4.69) is 10.6 Å². The van der Waals surface area contributed by atoms with Crippen molar-refractivity contribution in [2.75, 3.05) is 16.4 Å². The number of carboxylic acid groups (broad SMARTS) is 2. The second-order valence-corrected chi connectivity index (χ2v) is 8.28. The average Bonchev–Trinajstić information content (AvgIpc) is 2.78. The number of thioether (sulfide) groups is 1. The fraction of sp³-hybridized carbons (Fsp3) is 0.217. The molecule has 2 aromatic rings. The number of carbonyl (C=O) groups is 4. The van der Waals surface area contributed by atoms with Gasteiger partial charge < -0.3 is 20.8 Å². The molecule has 1 aliphatic rings. The molecule has 0 radical (unpaired) electrons. The Kier molecular flexibility index (Phi) is 7.67. The van der Waals surface area contributed by atoms with E-state index in [-0.39, 0.29) is 23.1 Å². The quantitative estimate of drug-likeness (QED) is 0.353. The predicted octanol–water partition coefficient (Wildman–Crippen LogP) is 3.72. The van der Waals surface area contributed by atoms with Crippen LogP contribution in [0.15, 0.2) is 65.6 Å². The largest absolute Gasteiger partial charge is 0.481 e. The van der Waals surface area contributed by atoms with Gasteiger partial charge in [0.25, 0.3) is 0 Å². The normalized spacial score (nSPS) is 17.4. The van der Waals surface area contributed by atoms with Gasteiger partial charge in [-0.15, -0.1) is 11.8 Å². The summed E-state index contributed by atoms with van der Waals surface area (Å²) in [5.74, 6) is -3.88. The highest BCUT2D eigenvalue weighted by Crippen LogP contribution is 2.28. The lowest BCUT2D eigenvalue weighted by Crippen LogP contribution is -2.34. The Morgan fingerprint density at radius 1 is 0.875 bits per heavy atom. The van der Waals surface area contributed by atoms with Crippen LogP contribution in [0, 0.1) is 11.8 Å². The predicted molar refractivity (Wildman–Crippen MR) is 121 cm³/mol. The molecular weight excluding hydrogens is 432 g/mol. The van der Waals surface area contributed by atoms with E-state index < -0.39 is 23.8 Å². The first-order valence-electron chi connectivity index (χ1n) is 9.88. The molecule has 0 aromatic heterocycles. The van der Waals surface area contributed by atoms with Gasteiger partial charge in [0.2, 0.25) is 11.8 Å². The molecule has 9 heteroatoms. The molecule has 2 unspecified atom stereocenters. The lowest BCUT2D eigenvalue weighted by Gasteiger charge is -2.24. The lowest BCUT2D eigenvalue weighted by atomic mass is 9.82. The monoisotopic (exact) mass is 454 g/mol. The Labute approximate surface area is 188 Å². The topological polar surface area (TPSA) is 133 Å². The highest BCUT2D eigenvalue weighted by molar-refractivity contribution is 8.00. The molecule has 8 nitrogen and oxygen atoms in total. The van der Waals surface area contributed by atoms with Crippen molar-refractivity contribution in [2.24, 2.45) is 11.8 Å². The second-order valence-electron chi connectivity index (χ2n) is 7.23. The summed E-state index contributed by atoms with van der Waals surface area (Å²) in [7, 11) is 0. The van der Waals surface area contributed by atoms with Gasteiger partial charge in [-0.1, -0.05) is 18.2 Å². The van der Waals surface area contributed by atoms with Crippen LogP contribution in [0.1, 0.15) is 23.2 Å². The van der Waals surface area contributed by atoms with E-state index in [1.54, 1.807) is 30.3 Å². The van der Waals surface area contributed by atoms with Crippen molar-refractivity contribution in [1.82, 2.24) is 0 Å². The fourth-order valence-electron chi connectivity index (χ4n) is 3.32. The smallest absolute Gasteiger partial charge is 0.335 e. The van der Waals surface area contributed by atoms with Crippen molar-refractivity contribution >= 4 is 46.9 Å². The van der Waals surface area contributed by atoms with Crippen molar-refractivity contribution in [2.45, 2.75) is 17.7 Å². The van der Waals surface area contributed by atoms with Crippen LogP contribution in [0.5, 0.6) is 0 Å². The number of allylic oxidation sites excluding steroid dienone is 2. The van der Waals surface area contributed by atoms with Gasteiger partial charge in [-0.3, -0.25) is 14.4 Å². The summed E-state index contributed by atoms with van der Waals surface area (Å²) >= 11 is 1.28. The third-order valence-electron chi connectivity index (χ3n) is 4.97. The van der Waals surface area contributed by atoms with Crippen molar-refractivity contribution in [3.8, 4) is 0 Å². The molecule has 0 saturated carbocycles. The van der Waals surface area contributed by atoms with Crippen LogP contribution in [0.4, 0.5) is 11.4 Å². The molecule has 0 aliphatic heterocycles. The summed E-state index contributed by atoms with van der Waals surface area (Å²) in [4.78, 5) is 47.9. The van der Waals surface area contributed by atoms with Crippen LogP contribution < -0.4 is 10.6 Å². The molecule has 4 N–H and O–H groups in total. The maximum atomic E-state index is 12.6. The van der Waals surface area contributed by atoms with Crippen LogP contribution in [-0.2, 0) is 14.4 Å². The van der Waals surface area contributed by atoms with Crippen molar-refractivity contribution in [1.29, 1.82) is 0 Å². The zero-order chi connectivity index (χ0) is 23.1. The molecule has 0 fully saturated rings. The Hall–Kier alpha value is -3.59. The van der Waals surface area contributed by atoms with E-state index in [4.69, 9.17) is 5.11 Å². The minimum absolute atomic E-state index is 0.118. The number of amides is 2. The molecular formula is C23H22N2O6S. The number of nitrogens with one attached hydrogen (secondary N) is 2. The van der Waals surface area contributed by atoms with E-state index in [0.29, 0.717) is 24.2 Å². The highest BCUT2D eigenvalue weighted by atomic mass is 32.2. The third kappa shape index (κ3) is 6.21. The Balaban J connectivity index is 1.54. The zero-order valence-electron chi connectivity index (χ0n) is 17.0. The van der Waals surface area contributed by atoms with Gasteiger partial charge in [0.05, 0.1) is 23.2 Å². The zero-order valence-corrected chi connectivity index (χ0v) is 17.8. The van der Waals surface area contributed by atoms with E-state index in [9.17, 15) is 24.3 Å². The summed E-state index contributed by atoms with van der Waals surface area (Å²) in [6.07, 6.45) is 4.32. The fourth-order valence-corrected chi connectivity index (χ4v) is 4.07. The summed E-state index contributed by atoms with van der Waals surface area (Å²) in [5.41, 5.74) is 1.16. The van der Waals surface area contributed by atoms with Crippen molar-refractivity contribution in [3.63, 3.8) is 0 Å². The van der Waals surface area contributed by atoms with Gasteiger partial charge in [0.1, 0.15) is 0 Å². The molecule has 0 heterocycles. The SMILES string of the molecule is O=C(CSc1cccc(NC(=O)C2CC=CCC2C(=O)O)c1)Nc1ccc(C(=O)O)cc1.